The lowest BCUT2D eigenvalue weighted by atomic mass is 10.4. The van der Waals surface area contributed by atoms with E-state index in [-0.39, 0.29) is 5.56 Å². The Morgan fingerprint density at radius 2 is 2.05 bits per heavy atom. The maximum atomic E-state index is 12.0. The van der Waals surface area contributed by atoms with E-state index >= 15 is 0 Å². The van der Waals surface area contributed by atoms with Crippen LogP contribution in [0.25, 0.3) is 0 Å². The molecule has 0 radical (unpaired) electrons. The summed E-state index contributed by atoms with van der Waals surface area (Å²) in [7, 11) is 5.25. The number of aryl methyl sites for hydroxylation is 1. The fraction of sp³-hybridized carbons (Fsp3) is 0.714. The number of aromatic nitrogens is 2. The van der Waals surface area contributed by atoms with Crippen molar-refractivity contribution in [2.24, 2.45) is 0 Å². The molecule has 0 bridgehead atoms. The van der Waals surface area contributed by atoms with Crippen LogP contribution in [0.4, 0.5) is 5.69 Å². The Labute approximate surface area is 125 Å². The van der Waals surface area contributed by atoms with Crippen molar-refractivity contribution < 1.29 is 9.47 Å². The summed E-state index contributed by atoms with van der Waals surface area (Å²) in [4.78, 5) is 13.9. The molecule has 0 aromatic carbocycles. The van der Waals surface area contributed by atoms with E-state index in [1.807, 2.05) is 11.9 Å². The Kier molecular flexibility index (Phi) is 8.65. The number of hydrogen-bond acceptors (Lipinski definition) is 6. The van der Waals surface area contributed by atoms with Crippen molar-refractivity contribution in [1.82, 2.24) is 15.1 Å². The average molecular weight is 298 g/mol. The maximum absolute atomic E-state index is 12.0. The van der Waals surface area contributed by atoms with Gasteiger partial charge in [0.2, 0.25) is 0 Å². The number of rotatable bonds is 11. The van der Waals surface area contributed by atoms with Gasteiger partial charge in [-0.3, -0.25) is 4.79 Å². The van der Waals surface area contributed by atoms with Crippen LogP contribution in [0.2, 0.25) is 0 Å². The summed E-state index contributed by atoms with van der Waals surface area (Å²) >= 11 is 0. The normalized spacial score (nSPS) is 10.8. The van der Waals surface area contributed by atoms with E-state index in [4.69, 9.17) is 9.47 Å². The minimum absolute atomic E-state index is 0.0753. The molecule has 0 atom stereocenters. The molecule has 1 aromatic rings. The van der Waals surface area contributed by atoms with Crippen LogP contribution in [0.5, 0.6) is 0 Å². The molecule has 1 N–H and O–H groups in total. The van der Waals surface area contributed by atoms with E-state index in [1.54, 1.807) is 26.5 Å². The topological polar surface area (TPSA) is 68.6 Å². The van der Waals surface area contributed by atoms with Gasteiger partial charge >= 0.3 is 0 Å². The highest BCUT2D eigenvalue weighted by Gasteiger charge is 2.04. The standard InChI is InChI=1S/C14H26N4O3/c1-17(8-10-21-3)13-11-14(19)18(16-12-13)7-4-5-15-6-9-20-2/h11-12,15H,4-10H2,1-3H3. The molecule has 0 spiro atoms. The van der Waals surface area contributed by atoms with E-state index in [2.05, 4.69) is 10.4 Å². The molecule has 0 aliphatic heterocycles. The van der Waals surface area contributed by atoms with Gasteiger partial charge in [0.25, 0.3) is 5.56 Å². The van der Waals surface area contributed by atoms with Gasteiger partial charge in [0.1, 0.15) is 0 Å². The smallest absolute Gasteiger partial charge is 0.268 e. The number of anilines is 1. The summed E-state index contributed by atoms with van der Waals surface area (Å²) < 4.78 is 11.5. The van der Waals surface area contributed by atoms with Crippen molar-refractivity contribution >= 4 is 5.69 Å². The molecule has 0 fully saturated rings. The summed E-state index contributed by atoms with van der Waals surface area (Å²) in [6.45, 7) is 4.31. The van der Waals surface area contributed by atoms with E-state index in [0.717, 1.165) is 31.7 Å². The first kappa shape index (κ1) is 17.6. The number of hydrogen-bond donors (Lipinski definition) is 1. The molecule has 1 heterocycles. The molecule has 7 heteroatoms. The van der Waals surface area contributed by atoms with Gasteiger partial charge in [-0.05, 0) is 13.0 Å². The van der Waals surface area contributed by atoms with E-state index in [1.165, 1.54) is 4.68 Å². The SMILES string of the molecule is COCCNCCCn1ncc(N(C)CCOC)cc1=O. The molecular formula is C14H26N4O3. The van der Waals surface area contributed by atoms with Crippen LogP contribution in [0.3, 0.4) is 0 Å². The molecule has 0 saturated heterocycles. The fourth-order valence-corrected chi connectivity index (χ4v) is 1.81. The van der Waals surface area contributed by atoms with Crippen molar-refractivity contribution in [3.05, 3.63) is 22.6 Å². The summed E-state index contributed by atoms with van der Waals surface area (Å²) in [5.74, 6) is 0. The minimum Gasteiger partial charge on any atom is -0.383 e. The third kappa shape index (κ3) is 6.70. The van der Waals surface area contributed by atoms with E-state index in [0.29, 0.717) is 19.8 Å². The van der Waals surface area contributed by atoms with E-state index < -0.39 is 0 Å². The Morgan fingerprint density at radius 3 is 2.71 bits per heavy atom. The Hall–Kier alpha value is -1.44. The summed E-state index contributed by atoms with van der Waals surface area (Å²) in [6.07, 6.45) is 2.57. The minimum atomic E-state index is -0.0753. The molecule has 1 rings (SSSR count). The zero-order valence-electron chi connectivity index (χ0n) is 13.2. The number of nitrogens with one attached hydrogen (secondary N) is 1. The van der Waals surface area contributed by atoms with Gasteiger partial charge < -0.3 is 19.7 Å². The molecule has 0 aliphatic rings. The second-order valence-electron chi connectivity index (χ2n) is 4.79. The summed E-state index contributed by atoms with van der Waals surface area (Å²) in [6, 6.07) is 1.61. The lowest BCUT2D eigenvalue weighted by Crippen LogP contribution is -2.28. The molecule has 21 heavy (non-hydrogen) atoms. The largest absolute Gasteiger partial charge is 0.383 e. The molecule has 0 saturated carbocycles. The van der Waals surface area contributed by atoms with Crippen molar-refractivity contribution in [2.45, 2.75) is 13.0 Å². The van der Waals surface area contributed by atoms with Crippen LogP contribution in [0, 0.1) is 0 Å². The van der Waals surface area contributed by atoms with Gasteiger partial charge in [0.05, 0.1) is 25.1 Å². The molecule has 7 nitrogen and oxygen atoms in total. The third-order valence-electron chi connectivity index (χ3n) is 3.13. The van der Waals surface area contributed by atoms with Crippen LogP contribution < -0.4 is 15.8 Å². The molecule has 120 valence electrons. The molecule has 0 aliphatic carbocycles. The van der Waals surface area contributed by atoms with Gasteiger partial charge in [0, 0.05) is 47.0 Å². The quantitative estimate of drug-likeness (QED) is 0.578. The lowest BCUT2D eigenvalue weighted by Gasteiger charge is -2.18. The first-order valence-corrected chi connectivity index (χ1v) is 7.16. The van der Waals surface area contributed by atoms with Gasteiger partial charge in [0.15, 0.2) is 0 Å². The Bertz CT molecular complexity index is 450. The van der Waals surface area contributed by atoms with Gasteiger partial charge in [-0.25, -0.2) is 4.68 Å². The van der Waals surface area contributed by atoms with Crippen LogP contribution in [0.15, 0.2) is 17.1 Å². The number of nitrogens with zero attached hydrogens (tertiary/aromatic N) is 3. The lowest BCUT2D eigenvalue weighted by molar-refractivity contribution is 0.199. The predicted octanol–water partition coefficient (Wildman–Crippen LogP) is -0.0480. The highest BCUT2D eigenvalue weighted by atomic mass is 16.5. The first-order chi connectivity index (χ1) is 10.2. The first-order valence-electron chi connectivity index (χ1n) is 7.16. The van der Waals surface area contributed by atoms with Crippen molar-refractivity contribution in [3.8, 4) is 0 Å². The zero-order valence-corrected chi connectivity index (χ0v) is 13.2. The monoisotopic (exact) mass is 298 g/mol. The summed E-state index contributed by atoms with van der Waals surface area (Å²) in [5, 5.41) is 7.45. The predicted molar refractivity (Wildman–Crippen MR) is 83.0 cm³/mol. The van der Waals surface area contributed by atoms with Crippen LogP contribution >= 0.6 is 0 Å². The zero-order chi connectivity index (χ0) is 15.5. The van der Waals surface area contributed by atoms with E-state index in [9.17, 15) is 4.79 Å². The van der Waals surface area contributed by atoms with Crippen molar-refractivity contribution in [2.75, 3.05) is 59.0 Å². The number of likely N-dealkylation sites (N-methyl/N-ethyl adjacent to an activating group) is 1. The molecule has 0 amide bonds. The van der Waals surface area contributed by atoms with Gasteiger partial charge in [-0.2, -0.15) is 5.10 Å². The fourth-order valence-electron chi connectivity index (χ4n) is 1.81. The second-order valence-corrected chi connectivity index (χ2v) is 4.79. The second kappa shape index (κ2) is 10.3. The van der Waals surface area contributed by atoms with Crippen molar-refractivity contribution in [3.63, 3.8) is 0 Å². The molecular weight excluding hydrogens is 272 g/mol. The number of ether oxygens (including phenoxy) is 2. The van der Waals surface area contributed by atoms with Crippen LogP contribution in [-0.2, 0) is 16.0 Å². The Balaban J connectivity index is 2.41. The Morgan fingerprint density at radius 1 is 1.29 bits per heavy atom. The molecule has 1 aromatic heterocycles. The van der Waals surface area contributed by atoms with Crippen LogP contribution in [0.1, 0.15) is 6.42 Å². The molecule has 0 unspecified atom stereocenters. The average Bonchev–Trinajstić information content (AvgIpc) is 2.49. The highest BCUT2D eigenvalue weighted by Crippen LogP contribution is 2.06. The van der Waals surface area contributed by atoms with Crippen molar-refractivity contribution in [1.29, 1.82) is 0 Å². The third-order valence-corrected chi connectivity index (χ3v) is 3.13. The summed E-state index contributed by atoms with van der Waals surface area (Å²) in [5.41, 5.74) is 0.736. The van der Waals surface area contributed by atoms with Crippen LogP contribution in [-0.4, -0.2) is 63.9 Å². The maximum Gasteiger partial charge on any atom is 0.268 e. The highest BCUT2D eigenvalue weighted by molar-refractivity contribution is 5.41. The van der Waals surface area contributed by atoms with Gasteiger partial charge in [-0.15, -0.1) is 0 Å². The van der Waals surface area contributed by atoms with Gasteiger partial charge in [-0.1, -0.05) is 0 Å². The number of methoxy groups -OCH3 is 2.